The van der Waals surface area contributed by atoms with Gasteiger partial charge in [0.1, 0.15) is 12.6 Å². The van der Waals surface area contributed by atoms with E-state index < -0.39 is 18.0 Å². The summed E-state index contributed by atoms with van der Waals surface area (Å²) in [5, 5.41) is 11.8. The number of likely N-dealkylation sites (N-methyl/N-ethyl adjacent to an activating group) is 2. The van der Waals surface area contributed by atoms with Crippen LogP contribution in [0.2, 0.25) is 0 Å². The number of urea groups is 1. The molecule has 7 heteroatoms. The minimum Gasteiger partial charge on any atom is -0.480 e. The van der Waals surface area contributed by atoms with E-state index >= 15 is 0 Å². The summed E-state index contributed by atoms with van der Waals surface area (Å²) in [6.07, 6.45) is 1.24. The Morgan fingerprint density at radius 1 is 1.40 bits per heavy atom. The van der Waals surface area contributed by atoms with Gasteiger partial charge in [-0.25, -0.2) is 9.59 Å². The van der Waals surface area contributed by atoms with E-state index in [1.807, 2.05) is 6.92 Å². The Bertz CT molecular complexity index is 386. The first-order valence-corrected chi connectivity index (χ1v) is 6.88. The third kappa shape index (κ3) is 4.11. The van der Waals surface area contributed by atoms with Crippen molar-refractivity contribution in [2.75, 3.05) is 26.7 Å². The van der Waals surface area contributed by atoms with Crippen LogP contribution in [-0.4, -0.2) is 65.5 Å². The Balaban J connectivity index is 2.68. The smallest absolute Gasteiger partial charge is 0.326 e. The standard InChI is InChI=1S/C13H23N3O4/c1-4-14-11(17)8-15(3)13(20)16-6-5-9(2)7-10(16)12(18)19/h9-10H,4-8H2,1-3H3,(H,14,17)(H,18,19). The van der Waals surface area contributed by atoms with Gasteiger partial charge in [-0.05, 0) is 25.7 Å². The second kappa shape index (κ2) is 7.12. The molecule has 7 nitrogen and oxygen atoms in total. The number of carboxylic acid groups (broad SMARTS) is 1. The number of carbonyl (C=O) groups is 3. The number of hydrogen-bond acceptors (Lipinski definition) is 3. The molecular formula is C13H23N3O4. The van der Waals surface area contributed by atoms with Crippen LogP contribution in [0, 0.1) is 5.92 Å². The Kier molecular flexibility index (Phi) is 5.79. The zero-order valence-corrected chi connectivity index (χ0v) is 12.3. The van der Waals surface area contributed by atoms with Gasteiger partial charge in [0.25, 0.3) is 0 Å². The number of piperidine rings is 1. The topological polar surface area (TPSA) is 90.0 Å². The van der Waals surface area contributed by atoms with Crippen LogP contribution in [0.5, 0.6) is 0 Å². The van der Waals surface area contributed by atoms with E-state index in [1.165, 1.54) is 16.8 Å². The number of carbonyl (C=O) groups excluding carboxylic acids is 2. The maximum Gasteiger partial charge on any atom is 0.326 e. The second-order valence-corrected chi connectivity index (χ2v) is 5.27. The summed E-state index contributed by atoms with van der Waals surface area (Å²) in [4.78, 5) is 37.6. The second-order valence-electron chi connectivity index (χ2n) is 5.27. The molecule has 0 aliphatic carbocycles. The number of nitrogens with zero attached hydrogens (tertiary/aromatic N) is 2. The predicted octanol–water partition coefficient (Wildman–Crippen LogP) is 0.359. The minimum atomic E-state index is -0.990. The van der Waals surface area contributed by atoms with Crippen molar-refractivity contribution in [2.45, 2.75) is 32.7 Å². The summed E-state index contributed by atoms with van der Waals surface area (Å²) >= 11 is 0. The first-order chi connectivity index (χ1) is 9.36. The Labute approximate surface area is 118 Å². The molecule has 0 aromatic rings. The molecule has 0 radical (unpaired) electrons. The third-order valence-electron chi connectivity index (χ3n) is 3.48. The lowest BCUT2D eigenvalue weighted by atomic mass is 9.93. The van der Waals surface area contributed by atoms with Gasteiger partial charge >= 0.3 is 12.0 Å². The molecule has 1 aliphatic rings. The molecular weight excluding hydrogens is 262 g/mol. The fourth-order valence-corrected chi connectivity index (χ4v) is 2.36. The Morgan fingerprint density at radius 3 is 2.60 bits per heavy atom. The van der Waals surface area contributed by atoms with Gasteiger partial charge in [-0.15, -0.1) is 0 Å². The van der Waals surface area contributed by atoms with E-state index in [0.717, 1.165) is 6.42 Å². The quantitative estimate of drug-likeness (QED) is 0.780. The molecule has 114 valence electrons. The van der Waals surface area contributed by atoms with Gasteiger partial charge in [-0.2, -0.15) is 0 Å². The van der Waals surface area contributed by atoms with Crippen LogP contribution >= 0.6 is 0 Å². The fraction of sp³-hybridized carbons (Fsp3) is 0.769. The SMILES string of the molecule is CCNC(=O)CN(C)C(=O)N1CCC(C)CC1C(=O)O. The number of aliphatic carboxylic acids is 1. The predicted molar refractivity (Wildman–Crippen MR) is 73.2 cm³/mol. The van der Waals surface area contributed by atoms with Gasteiger partial charge in [0.15, 0.2) is 0 Å². The summed E-state index contributed by atoms with van der Waals surface area (Å²) in [6.45, 7) is 4.63. The molecule has 1 aliphatic heterocycles. The first kappa shape index (κ1) is 16.3. The van der Waals surface area contributed by atoms with Crippen molar-refractivity contribution in [3.8, 4) is 0 Å². The Hall–Kier alpha value is -1.79. The number of nitrogens with one attached hydrogen (secondary N) is 1. The number of rotatable bonds is 4. The van der Waals surface area contributed by atoms with Gasteiger partial charge in [0, 0.05) is 20.1 Å². The molecule has 1 rings (SSSR count). The van der Waals surface area contributed by atoms with Gasteiger partial charge in [-0.1, -0.05) is 6.92 Å². The monoisotopic (exact) mass is 285 g/mol. The van der Waals surface area contributed by atoms with Crippen molar-refractivity contribution < 1.29 is 19.5 Å². The average Bonchev–Trinajstić information content (AvgIpc) is 2.37. The van der Waals surface area contributed by atoms with Crippen molar-refractivity contribution in [3.63, 3.8) is 0 Å². The molecule has 2 N–H and O–H groups in total. The molecule has 2 atom stereocenters. The lowest BCUT2D eigenvalue weighted by Crippen LogP contribution is -2.54. The lowest BCUT2D eigenvalue weighted by Gasteiger charge is -2.37. The van der Waals surface area contributed by atoms with E-state index in [1.54, 1.807) is 6.92 Å². The molecule has 2 unspecified atom stereocenters. The van der Waals surface area contributed by atoms with Crippen molar-refractivity contribution in [3.05, 3.63) is 0 Å². The van der Waals surface area contributed by atoms with Crippen LogP contribution in [0.1, 0.15) is 26.7 Å². The van der Waals surface area contributed by atoms with Crippen LogP contribution in [0.15, 0.2) is 0 Å². The lowest BCUT2D eigenvalue weighted by molar-refractivity contribution is -0.144. The highest BCUT2D eigenvalue weighted by Crippen LogP contribution is 2.23. The summed E-state index contributed by atoms with van der Waals surface area (Å²) in [5.74, 6) is -0.953. The van der Waals surface area contributed by atoms with Crippen LogP contribution in [0.3, 0.4) is 0 Å². The highest BCUT2D eigenvalue weighted by molar-refractivity contribution is 5.86. The average molecular weight is 285 g/mol. The summed E-state index contributed by atoms with van der Waals surface area (Å²) in [7, 11) is 1.51. The van der Waals surface area contributed by atoms with Gasteiger partial charge in [-0.3, -0.25) is 4.79 Å². The van der Waals surface area contributed by atoms with Crippen LogP contribution in [-0.2, 0) is 9.59 Å². The van der Waals surface area contributed by atoms with E-state index in [-0.39, 0.29) is 18.4 Å². The van der Waals surface area contributed by atoms with Crippen LogP contribution < -0.4 is 5.32 Å². The molecule has 0 aromatic heterocycles. The maximum absolute atomic E-state index is 12.3. The van der Waals surface area contributed by atoms with Gasteiger partial charge < -0.3 is 20.2 Å². The van der Waals surface area contributed by atoms with Crippen molar-refractivity contribution in [2.24, 2.45) is 5.92 Å². The molecule has 0 spiro atoms. The molecule has 0 bridgehead atoms. The molecule has 0 saturated carbocycles. The summed E-state index contributed by atoms with van der Waals surface area (Å²) in [5.41, 5.74) is 0. The third-order valence-corrected chi connectivity index (χ3v) is 3.48. The summed E-state index contributed by atoms with van der Waals surface area (Å²) < 4.78 is 0. The number of carboxylic acids is 1. The van der Waals surface area contributed by atoms with E-state index in [9.17, 15) is 19.5 Å². The Morgan fingerprint density at radius 2 is 2.05 bits per heavy atom. The molecule has 3 amide bonds. The molecule has 0 aromatic carbocycles. The highest BCUT2D eigenvalue weighted by atomic mass is 16.4. The zero-order valence-electron chi connectivity index (χ0n) is 12.3. The maximum atomic E-state index is 12.3. The molecule has 1 saturated heterocycles. The summed E-state index contributed by atoms with van der Waals surface area (Å²) in [6, 6.07) is -1.21. The fourth-order valence-electron chi connectivity index (χ4n) is 2.36. The largest absolute Gasteiger partial charge is 0.480 e. The molecule has 20 heavy (non-hydrogen) atoms. The van der Waals surface area contributed by atoms with Crippen LogP contribution in [0.4, 0.5) is 4.79 Å². The van der Waals surface area contributed by atoms with E-state index in [2.05, 4.69) is 5.32 Å². The van der Waals surface area contributed by atoms with Crippen molar-refractivity contribution >= 4 is 17.9 Å². The van der Waals surface area contributed by atoms with Crippen LogP contribution in [0.25, 0.3) is 0 Å². The molecule has 1 fully saturated rings. The number of hydrogen-bond donors (Lipinski definition) is 2. The normalized spacial score (nSPS) is 22.2. The number of amides is 3. The van der Waals surface area contributed by atoms with Gasteiger partial charge in [0.05, 0.1) is 0 Å². The van der Waals surface area contributed by atoms with Gasteiger partial charge in [0.2, 0.25) is 5.91 Å². The van der Waals surface area contributed by atoms with E-state index in [0.29, 0.717) is 19.5 Å². The zero-order chi connectivity index (χ0) is 15.3. The van der Waals surface area contributed by atoms with Crippen molar-refractivity contribution in [1.82, 2.24) is 15.1 Å². The van der Waals surface area contributed by atoms with Crippen molar-refractivity contribution in [1.29, 1.82) is 0 Å². The minimum absolute atomic E-state index is 0.0644. The van der Waals surface area contributed by atoms with E-state index in [4.69, 9.17) is 0 Å². The highest BCUT2D eigenvalue weighted by Gasteiger charge is 2.36. The number of likely N-dealkylation sites (tertiary alicyclic amines) is 1. The first-order valence-electron chi connectivity index (χ1n) is 6.88. The molecule has 1 heterocycles.